The van der Waals surface area contributed by atoms with Crippen LogP contribution in [-0.2, 0) is 4.79 Å². The summed E-state index contributed by atoms with van der Waals surface area (Å²) in [6.07, 6.45) is 6.53. The summed E-state index contributed by atoms with van der Waals surface area (Å²) in [7, 11) is 0. The number of benzene rings is 1. The zero-order valence-corrected chi connectivity index (χ0v) is 13.9. The van der Waals surface area contributed by atoms with E-state index in [1.165, 1.54) is 12.1 Å². The molecule has 3 nitrogen and oxygen atoms in total. The number of allylic oxidation sites excluding steroid dienone is 4. The normalized spacial score (nSPS) is 17.3. The first-order valence-corrected chi connectivity index (χ1v) is 7.50. The van der Waals surface area contributed by atoms with Crippen molar-refractivity contribution in [2.24, 2.45) is 5.41 Å². The molecule has 0 radical (unpaired) electrons. The third-order valence-corrected chi connectivity index (χ3v) is 3.65. The molecule has 0 spiro atoms. The van der Waals surface area contributed by atoms with Crippen LogP contribution in [-0.4, -0.2) is 17.7 Å². The number of aliphatic carboxylic acids is 1. The van der Waals surface area contributed by atoms with Crippen LogP contribution in [0.5, 0.6) is 5.75 Å². The average molecular weight is 337 g/mol. The maximum absolute atomic E-state index is 13.8. The topological polar surface area (TPSA) is 46.5 Å². The summed E-state index contributed by atoms with van der Waals surface area (Å²) in [6, 6.07) is 2.81. The number of hydrogen-bond donors (Lipinski definition) is 1. The van der Waals surface area contributed by atoms with Gasteiger partial charge in [0, 0.05) is 23.1 Å². The van der Waals surface area contributed by atoms with E-state index in [2.05, 4.69) is 0 Å². The Morgan fingerprint density at radius 2 is 2.13 bits per heavy atom. The van der Waals surface area contributed by atoms with Gasteiger partial charge in [-0.05, 0) is 24.1 Å². The minimum Gasteiger partial charge on any atom is -0.492 e. The molecule has 0 atom stereocenters. The quantitative estimate of drug-likeness (QED) is 0.633. The van der Waals surface area contributed by atoms with Crippen molar-refractivity contribution in [1.82, 2.24) is 0 Å². The molecule has 0 saturated heterocycles. The molecule has 0 aromatic heterocycles. The highest BCUT2D eigenvalue weighted by molar-refractivity contribution is 6.31. The van der Waals surface area contributed by atoms with Gasteiger partial charge in [0.05, 0.1) is 11.6 Å². The zero-order chi connectivity index (χ0) is 17.2. The van der Waals surface area contributed by atoms with Gasteiger partial charge in [0.2, 0.25) is 0 Å². The SMILES string of the molecule is CC(/C=C/C1=CC(C)(C)COc2cc(Cl)c(F)cc21)=C\C(=O)O. The number of carboxylic acid groups (broad SMARTS) is 1. The van der Waals surface area contributed by atoms with E-state index in [4.69, 9.17) is 21.4 Å². The van der Waals surface area contributed by atoms with Crippen molar-refractivity contribution in [2.75, 3.05) is 6.61 Å². The number of hydrogen-bond acceptors (Lipinski definition) is 2. The highest BCUT2D eigenvalue weighted by Gasteiger charge is 2.24. The van der Waals surface area contributed by atoms with E-state index in [1.807, 2.05) is 19.9 Å². The first kappa shape index (κ1) is 17.3. The second-order valence-corrected chi connectivity index (χ2v) is 6.61. The Bertz CT molecular complexity index is 730. The van der Waals surface area contributed by atoms with Crippen LogP contribution in [0, 0.1) is 11.2 Å². The van der Waals surface area contributed by atoms with Gasteiger partial charge in [0.1, 0.15) is 11.6 Å². The molecule has 0 unspecified atom stereocenters. The zero-order valence-electron chi connectivity index (χ0n) is 13.2. The molecule has 0 aliphatic carbocycles. The van der Waals surface area contributed by atoms with Gasteiger partial charge in [-0.25, -0.2) is 9.18 Å². The van der Waals surface area contributed by atoms with Crippen LogP contribution in [0.3, 0.4) is 0 Å². The maximum Gasteiger partial charge on any atom is 0.328 e. The molecule has 1 heterocycles. The molecule has 1 aromatic rings. The van der Waals surface area contributed by atoms with E-state index in [1.54, 1.807) is 19.1 Å². The minimum atomic E-state index is -1.01. The predicted octanol–water partition coefficient (Wildman–Crippen LogP) is 4.87. The molecule has 0 saturated carbocycles. The molecule has 122 valence electrons. The van der Waals surface area contributed by atoms with Crippen LogP contribution in [0.2, 0.25) is 5.02 Å². The largest absolute Gasteiger partial charge is 0.492 e. The summed E-state index contributed by atoms with van der Waals surface area (Å²) in [6.45, 7) is 6.13. The Kier molecular flexibility index (Phi) is 4.95. The second kappa shape index (κ2) is 6.59. The molecule has 1 aliphatic rings. The third-order valence-electron chi connectivity index (χ3n) is 3.36. The molecule has 1 N–H and O–H groups in total. The molecular formula is C18H18ClFO3. The number of carboxylic acids is 1. The molecule has 23 heavy (non-hydrogen) atoms. The highest BCUT2D eigenvalue weighted by Crippen LogP contribution is 2.38. The molecule has 0 bridgehead atoms. The fourth-order valence-corrected chi connectivity index (χ4v) is 2.43. The fourth-order valence-electron chi connectivity index (χ4n) is 2.28. The lowest BCUT2D eigenvalue weighted by atomic mass is 9.90. The number of carbonyl (C=O) groups is 1. The lowest BCUT2D eigenvalue weighted by Gasteiger charge is -2.18. The predicted molar refractivity (Wildman–Crippen MR) is 89.2 cm³/mol. The summed E-state index contributed by atoms with van der Waals surface area (Å²) in [5, 5.41) is 8.77. The smallest absolute Gasteiger partial charge is 0.328 e. The Labute approximate surface area is 139 Å². The van der Waals surface area contributed by atoms with Gasteiger partial charge in [-0.2, -0.15) is 0 Å². The van der Waals surface area contributed by atoms with Gasteiger partial charge in [0.15, 0.2) is 0 Å². The Morgan fingerprint density at radius 1 is 1.43 bits per heavy atom. The Hall–Kier alpha value is -2.07. The Balaban J connectivity index is 2.51. The lowest BCUT2D eigenvalue weighted by molar-refractivity contribution is -0.131. The monoisotopic (exact) mass is 336 g/mol. The number of rotatable bonds is 3. The second-order valence-electron chi connectivity index (χ2n) is 6.20. The minimum absolute atomic E-state index is 0.00809. The summed E-state index contributed by atoms with van der Waals surface area (Å²) < 4.78 is 19.6. The van der Waals surface area contributed by atoms with E-state index in [-0.39, 0.29) is 10.4 Å². The van der Waals surface area contributed by atoms with Crippen molar-refractivity contribution in [2.45, 2.75) is 20.8 Å². The van der Waals surface area contributed by atoms with E-state index >= 15 is 0 Å². The molecule has 1 aromatic carbocycles. The summed E-state index contributed by atoms with van der Waals surface area (Å²) in [4.78, 5) is 10.7. The van der Waals surface area contributed by atoms with Crippen LogP contribution < -0.4 is 4.74 Å². The number of ether oxygens (including phenoxy) is 1. The van der Waals surface area contributed by atoms with Gasteiger partial charge in [-0.1, -0.05) is 43.7 Å². The van der Waals surface area contributed by atoms with Crippen molar-refractivity contribution in [3.63, 3.8) is 0 Å². The summed E-state index contributed by atoms with van der Waals surface area (Å²) in [5.74, 6) is -1.02. The Morgan fingerprint density at radius 3 is 2.78 bits per heavy atom. The number of halogens is 2. The van der Waals surface area contributed by atoms with E-state index in [9.17, 15) is 9.18 Å². The van der Waals surface area contributed by atoms with Gasteiger partial charge in [-0.3, -0.25) is 0 Å². The van der Waals surface area contributed by atoms with Gasteiger partial charge in [-0.15, -0.1) is 0 Å². The maximum atomic E-state index is 13.8. The fraction of sp³-hybridized carbons (Fsp3) is 0.278. The number of fused-ring (bicyclic) bond motifs is 1. The summed E-state index contributed by atoms with van der Waals surface area (Å²) >= 11 is 5.84. The van der Waals surface area contributed by atoms with E-state index in [0.717, 1.165) is 11.6 Å². The van der Waals surface area contributed by atoms with Gasteiger partial charge < -0.3 is 9.84 Å². The van der Waals surface area contributed by atoms with Crippen LogP contribution >= 0.6 is 11.6 Å². The average Bonchev–Trinajstić information content (AvgIpc) is 2.54. The van der Waals surface area contributed by atoms with Gasteiger partial charge >= 0.3 is 5.97 Å². The molecule has 2 rings (SSSR count). The highest BCUT2D eigenvalue weighted by atomic mass is 35.5. The van der Waals surface area contributed by atoms with Crippen molar-refractivity contribution < 1.29 is 19.0 Å². The van der Waals surface area contributed by atoms with Crippen LogP contribution in [0.15, 0.2) is 42.0 Å². The molecule has 0 fully saturated rings. The molecule has 5 heteroatoms. The van der Waals surface area contributed by atoms with Crippen molar-refractivity contribution >= 4 is 23.1 Å². The van der Waals surface area contributed by atoms with Crippen molar-refractivity contribution in [1.29, 1.82) is 0 Å². The standard InChI is InChI=1S/C18H18ClFO3/c1-11(6-17(21)22)4-5-12-9-18(2,3)10-23-16-8-14(19)15(20)7-13(12)16/h4-9H,10H2,1-3H3,(H,21,22)/b5-4+,11-6+. The van der Waals surface area contributed by atoms with Crippen LogP contribution in [0.4, 0.5) is 4.39 Å². The molecule has 1 aliphatic heterocycles. The van der Waals surface area contributed by atoms with Crippen LogP contribution in [0.1, 0.15) is 26.3 Å². The van der Waals surface area contributed by atoms with Gasteiger partial charge in [0.25, 0.3) is 0 Å². The first-order chi connectivity index (χ1) is 10.7. The van der Waals surface area contributed by atoms with Crippen LogP contribution in [0.25, 0.3) is 5.57 Å². The van der Waals surface area contributed by atoms with E-state index < -0.39 is 11.8 Å². The lowest BCUT2D eigenvalue weighted by Crippen LogP contribution is -2.17. The summed E-state index contributed by atoms with van der Waals surface area (Å²) in [5.41, 5.74) is 1.68. The van der Waals surface area contributed by atoms with E-state index in [0.29, 0.717) is 23.5 Å². The third kappa shape index (κ3) is 4.45. The molecular weight excluding hydrogens is 319 g/mol. The first-order valence-electron chi connectivity index (χ1n) is 7.12. The van der Waals surface area contributed by atoms with Crippen molar-refractivity contribution in [3.05, 3.63) is 58.4 Å². The molecule has 0 amide bonds. The van der Waals surface area contributed by atoms with Crippen molar-refractivity contribution in [3.8, 4) is 5.75 Å².